The highest BCUT2D eigenvalue weighted by atomic mass is 19.1. The lowest BCUT2D eigenvalue weighted by atomic mass is 9.94. The molecule has 1 aromatic heterocycles. The molecule has 140 valence electrons. The standard InChI is InChI=1S/C18H25FN6O/c1-3-11-5-4-6-12(11)10-21-17-23-16(20)24-18(25-17)22-13-7-8-15(26-2)14(19)9-13/h7-9,11-12H,3-6,10H2,1-2H3,(H4,20,21,22,23,24,25). The highest BCUT2D eigenvalue weighted by molar-refractivity contribution is 5.56. The van der Waals surface area contributed by atoms with E-state index in [0.29, 0.717) is 17.6 Å². The molecule has 1 aliphatic rings. The van der Waals surface area contributed by atoms with Crippen molar-refractivity contribution < 1.29 is 9.13 Å². The van der Waals surface area contributed by atoms with Crippen LogP contribution in [-0.4, -0.2) is 28.6 Å². The van der Waals surface area contributed by atoms with E-state index in [1.807, 2.05) is 0 Å². The fraction of sp³-hybridized carbons (Fsp3) is 0.500. The Balaban J connectivity index is 1.68. The van der Waals surface area contributed by atoms with Crippen LogP contribution in [0.25, 0.3) is 0 Å². The van der Waals surface area contributed by atoms with Crippen LogP contribution in [0.4, 0.5) is 27.9 Å². The van der Waals surface area contributed by atoms with Gasteiger partial charge in [-0.3, -0.25) is 0 Å². The van der Waals surface area contributed by atoms with Gasteiger partial charge in [0.25, 0.3) is 0 Å². The van der Waals surface area contributed by atoms with Gasteiger partial charge in [-0.25, -0.2) is 4.39 Å². The molecule has 2 atom stereocenters. The number of nitrogens with two attached hydrogens (primary N) is 1. The second-order valence-corrected chi connectivity index (χ2v) is 6.56. The third kappa shape index (κ3) is 4.30. The fourth-order valence-electron chi connectivity index (χ4n) is 3.54. The van der Waals surface area contributed by atoms with Crippen molar-refractivity contribution in [2.45, 2.75) is 32.6 Å². The molecule has 0 amide bonds. The molecular weight excluding hydrogens is 335 g/mol. The molecule has 1 aromatic carbocycles. The van der Waals surface area contributed by atoms with E-state index in [0.717, 1.165) is 12.5 Å². The molecule has 0 bridgehead atoms. The van der Waals surface area contributed by atoms with Gasteiger partial charge in [0.15, 0.2) is 11.6 Å². The van der Waals surface area contributed by atoms with E-state index in [1.165, 1.54) is 44.9 Å². The average molecular weight is 360 g/mol. The van der Waals surface area contributed by atoms with Crippen LogP contribution in [-0.2, 0) is 0 Å². The van der Waals surface area contributed by atoms with Crippen LogP contribution in [0.5, 0.6) is 5.75 Å². The smallest absolute Gasteiger partial charge is 0.233 e. The van der Waals surface area contributed by atoms with Crippen molar-refractivity contribution in [3.63, 3.8) is 0 Å². The van der Waals surface area contributed by atoms with Gasteiger partial charge in [0, 0.05) is 18.3 Å². The van der Waals surface area contributed by atoms with Crippen LogP contribution in [0.1, 0.15) is 32.6 Å². The van der Waals surface area contributed by atoms with Crippen LogP contribution in [0.3, 0.4) is 0 Å². The monoisotopic (exact) mass is 360 g/mol. The summed E-state index contributed by atoms with van der Waals surface area (Å²) in [5, 5.41) is 6.22. The molecule has 0 spiro atoms. The molecule has 7 nitrogen and oxygen atoms in total. The predicted octanol–water partition coefficient (Wildman–Crippen LogP) is 3.58. The summed E-state index contributed by atoms with van der Waals surface area (Å²) in [4.78, 5) is 12.5. The maximum Gasteiger partial charge on any atom is 0.233 e. The van der Waals surface area contributed by atoms with E-state index in [-0.39, 0.29) is 17.6 Å². The first kappa shape index (κ1) is 18.2. The van der Waals surface area contributed by atoms with Crippen molar-refractivity contribution in [2.24, 2.45) is 11.8 Å². The summed E-state index contributed by atoms with van der Waals surface area (Å²) in [6.45, 7) is 3.05. The summed E-state index contributed by atoms with van der Waals surface area (Å²) in [5.74, 6) is 1.89. The van der Waals surface area contributed by atoms with Gasteiger partial charge in [-0.15, -0.1) is 0 Å². The third-order valence-electron chi connectivity index (χ3n) is 4.92. The van der Waals surface area contributed by atoms with Crippen molar-refractivity contribution in [1.29, 1.82) is 0 Å². The lowest BCUT2D eigenvalue weighted by Gasteiger charge is -2.18. The number of hydrogen-bond acceptors (Lipinski definition) is 7. The maximum absolute atomic E-state index is 13.8. The van der Waals surface area contributed by atoms with Gasteiger partial charge in [-0.1, -0.05) is 26.2 Å². The van der Waals surface area contributed by atoms with Gasteiger partial charge in [0.2, 0.25) is 17.8 Å². The van der Waals surface area contributed by atoms with Crippen LogP contribution >= 0.6 is 0 Å². The van der Waals surface area contributed by atoms with E-state index in [1.54, 1.807) is 6.07 Å². The summed E-state index contributed by atoms with van der Waals surface area (Å²) < 4.78 is 18.7. The third-order valence-corrected chi connectivity index (χ3v) is 4.92. The van der Waals surface area contributed by atoms with Crippen molar-refractivity contribution in [3.8, 4) is 5.75 Å². The first-order valence-corrected chi connectivity index (χ1v) is 8.95. The number of nitrogen functional groups attached to an aromatic ring is 1. The van der Waals surface area contributed by atoms with Crippen molar-refractivity contribution in [1.82, 2.24) is 15.0 Å². The quantitative estimate of drug-likeness (QED) is 0.694. The van der Waals surface area contributed by atoms with E-state index in [9.17, 15) is 4.39 Å². The molecule has 3 rings (SSSR count). The Morgan fingerprint density at radius 3 is 2.69 bits per heavy atom. The number of nitrogens with one attached hydrogen (secondary N) is 2. The normalized spacial score (nSPS) is 19.3. The molecule has 1 fully saturated rings. The first-order valence-electron chi connectivity index (χ1n) is 8.95. The van der Waals surface area contributed by atoms with Crippen molar-refractivity contribution in [3.05, 3.63) is 24.0 Å². The van der Waals surface area contributed by atoms with Gasteiger partial charge in [-0.05, 0) is 30.4 Å². The Morgan fingerprint density at radius 1 is 1.19 bits per heavy atom. The molecule has 0 aliphatic heterocycles. The highest BCUT2D eigenvalue weighted by Crippen LogP contribution is 2.33. The molecule has 1 saturated carbocycles. The van der Waals surface area contributed by atoms with Crippen molar-refractivity contribution >= 4 is 23.5 Å². The number of hydrogen-bond donors (Lipinski definition) is 3. The van der Waals surface area contributed by atoms with Gasteiger partial charge >= 0.3 is 0 Å². The van der Waals surface area contributed by atoms with Crippen molar-refractivity contribution in [2.75, 3.05) is 30.0 Å². The number of nitrogens with zero attached hydrogens (tertiary/aromatic N) is 3. The maximum atomic E-state index is 13.8. The second-order valence-electron chi connectivity index (χ2n) is 6.56. The van der Waals surface area contributed by atoms with Gasteiger partial charge in [0.1, 0.15) is 0 Å². The highest BCUT2D eigenvalue weighted by Gasteiger charge is 2.25. The molecule has 4 N–H and O–H groups in total. The summed E-state index contributed by atoms with van der Waals surface area (Å²) in [7, 11) is 1.42. The molecule has 1 aliphatic carbocycles. The lowest BCUT2D eigenvalue weighted by molar-refractivity contribution is 0.386. The number of anilines is 4. The minimum atomic E-state index is -0.468. The lowest BCUT2D eigenvalue weighted by Crippen LogP contribution is -2.19. The summed E-state index contributed by atoms with van der Waals surface area (Å²) >= 11 is 0. The number of halogens is 1. The summed E-state index contributed by atoms with van der Waals surface area (Å²) in [6, 6.07) is 4.53. The molecule has 2 unspecified atom stereocenters. The number of aromatic nitrogens is 3. The fourth-order valence-corrected chi connectivity index (χ4v) is 3.54. The Labute approximate surface area is 152 Å². The zero-order valence-electron chi connectivity index (χ0n) is 15.1. The Morgan fingerprint density at radius 2 is 1.96 bits per heavy atom. The predicted molar refractivity (Wildman–Crippen MR) is 100 cm³/mol. The molecule has 0 saturated heterocycles. The molecule has 26 heavy (non-hydrogen) atoms. The number of methoxy groups -OCH3 is 1. The number of benzene rings is 1. The molecule has 8 heteroatoms. The molecular formula is C18H25FN6O. The van der Waals surface area contributed by atoms with Crippen LogP contribution in [0.2, 0.25) is 0 Å². The largest absolute Gasteiger partial charge is 0.494 e. The first-order chi connectivity index (χ1) is 12.6. The zero-order valence-corrected chi connectivity index (χ0v) is 15.1. The Hall–Kier alpha value is -2.64. The Bertz CT molecular complexity index is 756. The average Bonchev–Trinajstić information content (AvgIpc) is 3.07. The van der Waals surface area contributed by atoms with Gasteiger partial charge < -0.3 is 21.1 Å². The summed E-state index contributed by atoms with van der Waals surface area (Å²) in [5.41, 5.74) is 6.29. The van der Waals surface area contributed by atoms with Crippen LogP contribution in [0.15, 0.2) is 18.2 Å². The molecule has 0 radical (unpaired) electrons. The van der Waals surface area contributed by atoms with Crippen LogP contribution in [0, 0.1) is 17.7 Å². The van der Waals surface area contributed by atoms with Gasteiger partial charge in [0.05, 0.1) is 7.11 Å². The SMILES string of the molecule is CCC1CCCC1CNc1nc(N)nc(Nc2ccc(OC)c(F)c2)n1. The molecule has 2 aromatic rings. The minimum Gasteiger partial charge on any atom is -0.494 e. The molecule has 1 heterocycles. The van der Waals surface area contributed by atoms with E-state index < -0.39 is 5.82 Å². The number of rotatable bonds is 7. The second kappa shape index (κ2) is 8.16. The zero-order chi connectivity index (χ0) is 18.5. The topological polar surface area (TPSA) is 98.0 Å². The summed E-state index contributed by atoms with van der Waals surface area (Å²) in [6.07, 6.45) is 4.99. The van der Waals surface area contributed by atoms with E-state index >= 15 is 0 Å². The van der Waals surface area contributed by atoms with Gasteiger partial charge in [-0.2, -0.15) is 15.0 Å². The Kier molecular flexibility index (Phi) is 5.70. The minimum absolute atomic E-state index is 0.109. The van der Waals surface area contributed by atoms with E-state index in [4.69, 9.17) is 10.5 Å². The number of ether oxygens (including phenoxy) is 1. The van der Waals surface area contributed by atoms with E-state index in [2.05, 4.69) is 32.5 Å². The van der Waals surface area contributed by atoms with Crippen LogP contribution < -0.4 is 21.1 Å².